The number of ketones is 1. The summed E-state index contributed by atoms with van der Waals surface area (Å²) in [5.74, 6) is 0.761. The van der Waals surface area contributed by atoms with Crippen LogP contribution in [-0.2, 0) is 0 Å². The van der Waals surface area contributed by atoms with Gasteiger partial charge in [-0.25, -0.2) is 4.98 Å². The van der Waals surface area contributed by atoms with Crippen LogP contribution in [0.15, 0.2) is 24.5 Å². The fraction of sp³-hybridized carbons (Fsp3) is 0.400. The molecule has 0 aliphatic carbocycles. The maximum absolute atomic E-state index is 13.1. The van der Waals surface area contributed by atoms with Crippen LogP contribution < -0.4 is 15.4 Å². The third kappa shape index (κ3) is 3.92. The number of hydrogen-bond donors (Lipinski definition) is 1. The molecule has 1 fully saturated rings. The average Bonchev–Trinajstić information content (AvgIpc) is 2.67. The Hall–Kier alpha value is -2.96. The standard InChI is InChI=1S/C20H24N4O3/c1-12-7-15(8-13(2)19(12)27-3)18(25)14-5-4-6-24(11-14)17-10-22-9-16(23-17)20(21)26/h7-10,14H,4-6,11H2,1-3H3,(H2,21,26)/t14-/m1/s1. The summed E-state index contributed by atoms with van der Waals surface area (Å²) < 4.78 is 5.39. The van der Waals surface area contributed by atoms with Crippen molar-refractivity contribution in [1.29, 1.82) is 0 Å². The number of rotatable bonds is 5. The van der Waals surface area contributed by atoms with Crippen LogP contribution in [0.4, 0.5) is 5.82 Å². The van der Waals surface area contributed by atoms with Crippen LogP contribution in [0.3, 0.4) is 0 Å². The lowest BCUT2D eigenvalue weighted by Crippen LogP contribution is -2.39. The van der Waals surface area contributed by atoms with E-state index in [0.29, 0.717) is 17.9 Å². The van der Waals surface area contributed by atoms with Crippen molar-refractivity contribution in [2.75, 3.05) is 25.1 Å². The minimum Gasteiger partial charge on any atom is -0.496 e. The SMILES string of the molecule is COc1c(C)cc(C(=O)[C@@H]2CCCN(c3cncc(C(N)=O)n3)C2)cc1C. The zero-order valence-electron chi connectivity index (χ0n) is 15.9. The van der Waals surface area contributed by atoms with E-state index in [2.05, 4.69) is 9.97 Å². The lowest BCUT2D eigenvalue weighted by atomic mass is 9.88. The van der Waals surface area contributed by atoms with E-state index in [1.807, 2.05) is 30.9 Å². The van der Waals surface area contributed by atoms with Crippen molar-refractivity contribution < 1.29 is 14.3 Å². The monoisotopic (exact) mass is 368 g/mol. The number of ether oxygens (including phenoxy) is 1. The Bertz CT molecular complexity index is 858. The first kappa shape index (κ1) is 18.8. The molecular weight excluding hydrogens is 344 g/mol. The van der Waals surface area contributed by atoms with Gasteiger partial charge in [0.2, 0.25) is 0 Å². The van der Waals surface area contributed by atoms with E-state index in [4.69, 9.17) is 10.5 Å². The molecule has 7 heteroatoms. The number of aromatic nitrogens is 2. The molecule has 1 aromatic heterocycles. The van der Waals surface area contributed by atoms with Crippen molar-refractivity contribution in [3.63, 3.8) is 0 Å². The first-order valence-electron chi connectivity index (χ1n) is 8.97. The number of aryl methyl sites for hydroxylation is 2. The number of Topliss-reactive ketones (excluding diaryl/α,β-unsaturated/α-hetero) is 1. The van der Waals surface area contributed by atoms with E-state index < -0.39 is 5.91 Å². The maximum Gasteiger partial charge on any atom is 0.268 e. The molecule has 2 heterocycles. The van der Waals surface area contributed by atoms with E-state index in [9.17, 15) is 9.59 Å². The van der Waals surface area contributed by atoms with Gasteiger partial charge in [-0.3, -0.25) is 14.6 Å². The first-order valence-corrected chi connectivity index (χ1v) is 8.97. The second-order valence-electron chi connectivity index (χ2n) is 6.92. The van der Waals surface area contributed by atoms with Crippen LogP contribution in [0, 0.1) is 19.8 Å². The van der Waals surface area contributed by atoms with E-state index >= 15 is 0 Å². The van der Waals surface area contributed by atoms with Gasteiger partial charge in [0.15, 0.2) is 5.78 Å². The molecule has 0 bridgehead atoms. The molecule has 1 aliphatic heterocycles. The summed E-state index contributed by atoms with van der Waals surface area (Å²) in [6, 6.07) is 3.78. The number of nitrogens with zero attached hydrogens (tertiary/aromatic N) is 3. The molecule has 27 heavy (non-hydrogen) atoms. The van der Waals surface area contributed by atoms with Gasteiger partial charge in [0.25, 0.3) is 5.91 Å². The molecule has 2 aromatic rings. The molecule has 0 spiro atoms. The van der Waals surface area contributed by atoms with Gasteiger partial charge in [-0.05, 0) is 49.9 Å². The van der Waals surface area contributed by atoms with E-state index in [1.165, 1.54) is 6.20 Å². The van der Waals surface area contributed by atoms with Crippen LogP contribution >= 0.6 is 0 Å². The van der Waals surface area contributed by atoms with Gasteiger partial charge in [0, 0.05) is 24.6 Å². The highest BCUT2D eigenvalue weighted by Crippen LogP contribution is 2.28. The Morgan fingerprint density at radius 2 is 1.93 bits per heavy atom. The number of primary amides is 1. The number of amides is 1. The lowest BCUT2D eigenvalue weighted by molar-refractivity contribution is 0.0905. The second kappa shape index (κ2) is 7.73. The number of carbonyl (C=O) groups is 2. The average molecular weight is 368 g/mol. The van der Waals surface area contributed by atoms with Gasteiger partial charge in [-0.15, -0.1) is 0 Å². The smallest absolute Gasteiger partial charge is 0.268 e. The summed E-state index contributed by atoms with van der Waals surface area (Å²) in [6.45, 7) is 5.20. The zero-order valence-corrected chi connectivity index (χ0v) is 15.9. The zero-order chi connectivity index (χ0) is 19.6. The Morgan fingerprint density at radius 1 is 1.22 bits per heavy atom. The number of nitrogens with two attached hydrogens (primary N) is 1. The van der Waals surface area contributed by atoms with Gasteiger partial charge in [0.1, 0.15) is 17.3 Å². The fourth-order valence-corrected chi connectivity index (χ4v) is 3.68. The largest absolute Gasteiger partial charge is 0.496 e. The Labute approximate surface area is 158 Å². The summed E-state index contributed by atoms with van der Waals surface area (Å²) in [6.07, 6.45) is 4.64. The molecule has 7 nitrogen and oxygen atoms in total. The van der Waals surface area contributed by atoms with E-state index in [1.54, 1.807) is 13.3 Å². The Morgan fingerprint density at radius 3 is 2.56 bits per heavy atom. The Kier molecular flexibility index (Phi) is 5.39. The Balaban J connectivity index is 1.81. The van der Waals surface area contributed by atoms with Gasteiger partial charge in [-0.2, -0.15) is 0 Å². The highest BCUT2D eigenvalue weighted by Gasteiger charge is 2.28. The number of carbonyl (C=O) groups excluding carboxylic acids is 2. The molecule has 3 rings (SSSR count). The summed E-state index contributed by atoms with van der Waals surface area (Å²) in [5, 5.41) is 0. The molecule has 1 aliphatic rings. The summed E-state index contributed by atoms with van der Waals surface area (Å²) in [7, 11) is 1.64. The number of hydrogen-bond acceptors (Lipinski definition) is 6. The van der Waals surface area contributed by atoms with Crippen LogP contribution in [0.5, 0.6) is 5.75 Å². The topological polar surface area (TPSA) is 98.4 Å². The van der Waals surface area contributed by atoms with Crippen molar-refractivity contribution in [3.05, 3.63) is 46.9 Å². The van der Waals surface area contributed by atoms with Crippen molar-refractivity contribution in [2.24, 2.45) is 11.7 Å². The number of benzene rings is 1. The van der Waals surface area contributed by atoms with E-state index in [-0.39, 0.29) is 17.4 Å². The lowest BCUT2D eigenvalue weighted by Gasteiger charge is -2.32. The second-order valence-corrected chi connectivity index (χ2v) is 6.92. The quantitative estimate of drug-likeness (QED) is 0.813. The van der Waals surface area contributed by atoms with Gasteiger partial charge < -0.3 is 15.4 Å². The molecule has 0 unspecified atom stereocenters. The molecule has 142 valence electrons. The predicted octanol–water partition coefficient (Wildman–Crippen LogP) is 2.30. The van der Waals surface area contributed by atoms with Crippen molar-refractivity contribution in [2.45, 2.75) is 26.7 Å². The van der Waals surface area contributed by atoms with Crippen LogP contribution in [0.25, 0.3) is 0 Å². The molecule has 1 aromatic carbocycles. The third-order valence-electron chi connectivity index (χ3n) is 4.94. The van der Waals surface area contributed by atoms with Crippen LogP contribution in [0.2, 0.25) is 0 Å². The number of methoxy groups -OCH3 is 1. The normalized spacial score (nSPS) is 16.9. The van der Waals surface area contributed by atoms with Crippen molar-refractivity contribution in [1.82, 2.24) is 9.97 Å². The summed E-state index contributed by atoms with van der Waals surface area (Å²) >= 11 is 0. The summed E-state index contributed by atoms with van der Waals surface area (Å²) in [5.41, 5.74) is 8.03. The first-order chi connectivity index (χ1) is 12.9. The third-order valence-corrected chi connectivity index (χ3v) is 4.94. The fourth-order valence-electron chi connectivity index (χ4n) is 3.68. The molecule has 0 saturated carbocycles. The highest BCUT2D eigenvalue weighted by atomic mass is 16.5. The molecule has 2 N–H and O–H groups in total. The minimum absolute atomic E-state index is 0.118. The number of piperidine rings is 1. The van der Waals surface area contributed by atoms with Gasteiger partial charge in [-0.1, -0.05) is 0 Å². The molecular formula is C20H24N4O3. The molecule has 1 amide bonds. The maximum atomic E-state index is 13.1. The van der Waals surface area contributed by atoms with Crippen LogP contribution in [-0.4, -0.2) is 41.9 Å². The van der Waals surface area contributed by atoms with Crippen molar-refractivity contribution >= 4 is 17.5 Å². The molecule has 0 radical (unpaired) electrons. The minimum atomic E-state index is -0.613. The van der Waals surface area contributed by atoms with Crippen molar-refractivity contribution in [3.8, 4) is 5.75 Å². The number of anilines is 1. The van der Waals surface area contributed by atoms with E-state index in [0.717, 1.165) is 36.3 Å². The summed E-state index contributed by atoms with van der Waals surface area (Å²) in [4.78, 5) is 34.7. The van der Waals surface area contributed by atoms with Gasteiger partial charge >= 0.3 is 0 Å². The predicted molar refractivity (Wildman–Crippen MR) is 102 cm³/mol. The van der Waals surface area contributed by atoms with Gasteiger partial charge in [0.05, 0.1) is 19.5 Å². The van der Waals surface area contributed by atoms with Crippen LogP contribution in [0.1, 0.15) is 44.8 Å². The highest BCUT2D eigenvalue weighted by molar-refractivity contribution is 5.99. The molecule has 1 atom stereocenters. The molecule has 1 saturated heterocycles.